The smallest absolute Gasteiger partial charge is 0.00675 e. The van der Waals surface area contributed by atoms with E-state index in [1.807, 2.05) is 0 Å². The maximum absolute atomic E-state index is 3.78. The van der Waals surface area contributed by atoms with Crippen LogP contribution in [0.15, 0.2) is 0 Å². The predicted molar refractivity (Wildman–Crippen MR) is 65.9 cm³/mol. The highest BCUT2D eigenvalue weighted by molar-refractivity contribution is 4.92. The minimum Gasteiger partial charge on any atom is -0.313 e. The molecule has 1 nitrogen and oxygen atoms in total. The summed E-state index contributed by atoms with van der Waals surface area (Å²) in [6, 6.07) is 0.831. The standard InChI is InChI=1S/C14H27N/c1-11(2)12-4-6-13(7-5-12)15-10-14(3)8-9-14/h11-13,15H,4-10H2,1-3H3. The monoisotopic (exact) mass is 209 g/mol. The summed E-state index contributed by atoms with van der Waals surface area (Å²) in [6.07, 6.45) is 8.62. The van der Waals surface area contributed by atoms with Gasteiger partial charge in [0, 0.05) is 12.6 Å². The molecule has 2 rings (SSSR count). The summed E-state index contributed by atoms with van der Waals surface area (Å²) in [5.74, 6) is 1.89. The van der Waals surface area contributed by atoms with Gasteiger partial charge in [0.25, 0.3) is 0 Å². The lowest BCUT2D eigenvalue weighted by Gasteiger charge is -2.32. The van der Waals surface area contributed by atoms with Crippen LogP contribution in [0, 0.1) is 17.3 Å². The van der Waals surface area contributed by atoms with Gasteiger partial charge in [-0.1, -0.05) is 20.8 Å². The second-order valence-electron chi connectivity index (χ2n) is 6.55. The summed E-state index contributed by atoms with van der Waals surface area (Å²) < 4.78 is 0. The van der Waals surface area contributed by atoms with Gasteiger partial charge >= 0.3 is 0 Å². The molecule has 1 N–H and O–H groups in total. The van der Waals surface area contributed by atoms with Gasteiger partial charge in [-0.2, -0.15) is 0 Å². The molecular formula is C14H27N. The third-order valence-electron chi connectivity index (χ3n) is 4.64. The molecule has 0 aromatic heterocycles. The van der Waals surface area contributed by atoms with Crippen molar-refractivity contribution in [2.75, 3.05) is 6.54 Å². The first-order valence-corrected chi connectivity index (χ1v) is 6.82. The lowest BCUT2D eigenvalue weighted by molar-refractivity contribution is 0.233. The first-order chi connectivity index (χ1) is 7.09. The molecule has 2 saturated carbocycles. The van der Waals surface area contributed by atoms with E-state index < -0.39 is 0 Å². The quantitative estimate of drug-likeness (QED) is 0.746. The van der Waals surface area contributed by atoms with Crippen molar-refractivity contribution in [3.63, 3.8) is 0 Å². The average molecular weight is 209 g/mol. The molecule has 0 bridgehead atoms. The van der Waals surface area contributed by atoms with Crippen LogP contribution in [0.3, 0.4) is 0 Å². The molecule has 0 saturated heterocycles. The van der Waals surface area contributed by atoms with E-state index in [0.29, 0.717) is 5.41 Å². The second-order valence-corrected chi connectivity index (χ2v) is 6.55. The summed E-state index contributed by atoms with van der Waals surface area (Å²) in [5.41, 5.74) is 0.675. The van der Waals surface area contributed by atoms with Crippen LogP contribution in [-0.2, 0) is 0 Å². The summed E-state index contributed by atoms with van der Waals surface area (Å²) in [7, 11) is 0. The van der Waals surface area contributed by atoms with Gasteiger partial charge in [0.1, 0.15) is 0 Å². The van der Waals surface area contributed by atoms with Crippen LogP contribution in [0.25, 0.3) is 0 Å². The Labute approximate surface area is 95.0 Å². The number of nitrogens with one attached hydrogen (secondary N) is 1. The molecule has 2 aliphatic rings. The van der Waals surface area contributed by atoms with E-state index >= 15 is 0 Å². The highest BCUT2D eigenvalue weighted by atomic mass is 14.9. The molecule has 0 spiro atoms. The SMILES string of the molecule is CC(C)C1CCC(NCC2(C)CC2)CC1. The first kappa shape index (κ1) is 11.4. The molecule has 0 radical (unpaired) electrons. The van der Waals surface area contributed by atoms with Gasteiger partial charge in [-0.25, -0.2) is 0 Å². The predicted octanol–water partition coefficient (Wildman–Crippen LogP) is 3.59. The van der Waals surface area contributed by atoms with E-state index in [-0.39, 0.29) is 0 Å². The summed E-state index contributed by atoms with van der Waals surface area (Å²) in [6.45, 7) is 8.44. The van der Waals surface area contributed by atoms with E-state index in [2.05, 4.69) is 26.1 Å². The molecule has 0 aromatic carbocycles. The Hall–Kier alpha value is -0.0400. The van der Waals surface area contributed by atoms with Gasteiger partial charge < -0.3 is 5.32 Å². The summed E-state index contributed by atoms with van der Waals surface area (Å²) >= 11 is 0. The van der Waals surface area contributed by atoms with Gasteiger partial charge in [0.05, 0.1) is 0 Å². The second kappa shape index (κ2) is 4.45. The molecule has 0 amide bonds. The minimum atomic E-state index is 0.675. The topological polar surface area (TPSA) is 12.0 Å². The zero-order chi connectivity index (χ0) is 10.9. The minimum absolute atomic E-state index is 0.675. The molecule has 2 aliphatic carbocycles. The zero-order valence-electron chi connectivity index (χ0n) is 10.7. The van der Waals surface area contributed by atoms with Crippen molar-refractivity contribution in [2.24, 2.45) is 17.3 Å². The number of hydrogen-bond acceptors (Lipinski definition) is 1. The van der Waals surface area contributed by atoms with Crippen LogP contribution in [0.4, 0.5) is 0 Å². The van der Waals surface area contributed by atoms with Crippen LogP contribution in [0.5, 0.6) is 0 Å². The van der Waals surface area contributed by atoms with Crippen LogP contribution in [0.1, 0.15) is 59.3 Å². The maximum atomic E-state index is 3.78. The Kier molecular flexibility index (Phi) is 3.39. The van der Waals surface area contributed by atoms with Gasteiger partial charge in [0.15, 0.2) is 0 Å². The van der Waals surface area contributed by atoms with Crippen molar-refractivity contribution >= 4 is 0 Å². The third kappa shape index (κ3) is 3.21. The Bertz CT molecular complexity index is 197. The molecule has 1 heteroatoms. The molecule has 0 aliphatic heterocycles. The lowest BCUT2D eigenvalue weighted by atomic mass is 9.79. The zero-order valence-corrected chi connectivity index (χ0v) is 10.7. The molecule has 0 aromatic rings. The molecule has 0 heterocycles. The van der Waals surface area contributed by atoms with E-state index in [1.165, 1.54) is 45.1 Å². The van der Waals surface area contributed by atoms with Crippen molar-refractivity contribution in [1.82, 2.24) is 5.32 Å². The number of rotatable bonds is 4. The van der Waals surface area contributed by atoms with Gasteiger partial charge in [0.2, 0.25) is 0 Å². The van der Waals surface area contributed by atoms with E-state index in [4.69, 9.17) is 0 Å². The number of hydrogen-bond donors (Lipinski definition) is 1. The van der Waals surface area contributed by atoms with Crippen molar-refractivity contribution in [2.45, 2.75) is 65.3 Å². The fourth-order valence-electron chi connectivity index (χ4n) is 2.77. The highest BCUT2D eigenvalue weighted by Crippen LogP contribution is 2.44. The van der Waals surface area contributed by atoms with E-state index in [9.17, 15) is 0 Å². The lowest BCUT2D eigenvalue weighted by Crippen LogP contribution is -2.37. The van der Waals surface area contributed by atoms with Gasteiger partial charge in [-0.05, 0) is 55.8 Å². The van der Waals surface area contributed by atoms with Crippen molar-refractivity contribution < 1.29 is 0 Å². The molecule has 0 unspecified atom stereocenters. The normalized spacial score (nSPS) is 34.4. The molecule has 0 atom stereocenters. The van der Waals surface area contributed by atoms with Crippen LogP contribution < -0.4 is 5.32 Å². The van der Waals surface area contributed by atoms with Gasteiger partial charge in [-0.3, -0.25) is 0 Å². The Balaban J connectivity index is 1.65. The first-order valence-electron chi connectivity index (χ1n) is 6.82. The Morgan fingerprint density at radius 2 is 1.73 bits per heavy atom. The maximum Gasteiger partial charge on any atom is 0.00675 e. The molecule has 15 heavy (non-hydrogen) atoms. The molecule has 2 fully saturated rings. The summed E-state index contributed by atoms with van der Waals surface area (Å²) in [4.78, 5) is 0. The van der Waals surface area contributed by atoms with Crippen molar-refractivity contribution in [3.05, 3.63) is 0 Å². The Morgan fingerprint density at radius 1 is 1.13 bits per heavy atom. The van der Waals surface area contributed by atoms with Crippen LogP contribution in [-0.4, -0.2) is 12.6 Å². The largest absolute Gasteiger partial charge is 0.313 e. The highest BCUT2D eigenvalue weighted by Gasteiger charge is 2.37. The Morgan fingerprint density at radius 3 is 2.20 bits per heavy atom. The van der Waals surface area contributed by atoms with E-state index in [1.54, 1.807) is 0 Å². The van der Waals surface area contributed by atoms with Gasteiger partial charge in [-0.15, -0.1) is 0 Å². The summed E-state index contributed by atoms with van der Waals surface area (Å²) in [5, 5.41) is 3.78. The fraction of sp³-hybridized carbons (Fsp3) is 1.00. The fourth-order valence-corrected chi connectivity index (χ4v) is 2.77. The van der Waals surface area contributed by atoms with Crippen LogP contribution in [0.2, 0.25) is 0 Å². The average Bonchev–Trinajstić information content (AvgIpc) is 2.95. The third-order valence-corrected chi connectivity index (χ3v) is 4.64. The van der Waals surface area contributed by atoms with Crippen molar-refractivity contribution in [3.8, 4) is 0 Å². The molecule has 88 valence electrons. The molecular weight excluding hydrogens is 182 g/mol. The van der Waals surface area contributed by atoms with Crippen molar-refractivity contribution in [1.29, 1.82) is 0 Å². The van der Waals surface area contributed by atoms with E-state index in [0.717, 1.165) is 17.9 Å². The van der Waals surface area contributed by atoms with Crippen LogP contribution >= 0.6 is 0 Å².